The van der Waals surface area contributed by atoms with Crippen LogP contribution < -0.4 is 10.6 Å². The Bertz CT molecular complexity index is 668. The van der Waals surface area contributed by atoms with E-state index in [-0.39, 0.29) is 23.9 Å². The first kappa shape index (κ1) is 21.3. The second-order valence-corrected chi connectivity index (χ2v) is 8.53. The molecule has 1 aliphatic rings. The van der Waals surface area contributed by atoms with E-state index in [4.69, 9.17) is 0 Å². The summed E-state index contributed by atoms with van der Waals surface area (Å²) in [6.45, 7) is 13.7. The normalized spacial score (nSPS) is 17.5. The molecular formula is C22H35N3O2. The molecule has 5 heteroatoms. The molecule has 1 heterocycles. The first-order valence-corrected chi connectivity index (χ1v) is 10.2. The molecule has 1 fully saturated rings. The van der Waals surface area contributed by atoms with Gasteiger partial charge in [-0.05, 0) is 55.7 Å². The predicted molar refractivity (Wildman–Crippen MR) is 111 cm³/mol. The lowest BCUT2D eigenvalue weighted by Crippen LogP contribution is -2.49. The molecule has 1 atom stereocenters. The van der Waals surface area contributed by atoms with Crippen LogP contribution in [0.2, 0.25) is 0 Å². The van der Waals surface area contributed by atoms with Crippen molar-refractivity contribution < 1.29 is 9.59 Å². The molecule has 150 valence electrons. The van der Waals surface area contributed by atoms with Crippen molar-refractivity contribution in [1.29, 1.82) is 0 Å². The third kappa shape index (κ3) is 5.72. The van der Waals surface area contributed by atoms with Gasteiger partial charge in [0.15, 0.2) is 0 Å². The quantitative estimate of drug-likeness (QED) is 0.786. The maximum atomic E-state index is 12.9. The highest BCUT2D eigenvalue weighted by atomic mass is 16.2. The van der Waals surface area contributed by atoms with Crippen molar-refractivity contribution >= 4 is 17.6 Å². The van der Waals surface area contributed by atoms with E-state index < -0.39 is 0 Å². The number of piperidine rings is 1. The Morgan fingerprint density at radius 1 is 1.07 bits per heavy atom. The van der Waals surface area contributed by atoms with E-state index in [2.05, 4.69) is 50.5 Å². The van der Waals surface area contributed by atoms with Gasteiger partial charge in [0, 0.05) is 24.8 Å². The fourth-order valence-electron chi connectivity index (χ4n) is 3.48. The molecule has 27 heavy (non-hydrogen) atoms. The molecule has 2 N–H and O–H groups in total. The summed E-state index contributed by atoms with van der Waals surface area (Å²) >= 11 is 0. The minimum atomic E-state index is -0.165. The molecule has 0 spiro atoms. The molecule has 3 amide bonds. The summed E-state index contributed by atoms with van der Waals surface area (Å²) in [7, 11) is 0. The van der Waals surface area contributed by atoms with Crippen LogP contribution in [0.5, 0.6) is 0 Å². The standard InChI is InChI=1S/C22H35N3O2/c1-14(2)17-9-10-20(19(12-17)15(3)4)24-21(26)18-8-7-11-25(13-18)22(27)23-16(5)6/h9-10,12,14-16,18H,7-8,11,13H2,1-6H3,(H,23,27)(H,24,26)/t18-/m1/s1. The third-order valence-corrected chi connectivity index (χ3v) is 5.11. The first-order valence-electron chi connectivity index (χ1n) is 10.2. The molecule has 0 saturated carbocycles. The summed E-state index contributed by atoms with van der Waals surface area (Å²) in [6, 6.07) is 6.34. The van der Waals surface area contributed by atoms with Crippen molar-refractivity contribution in [3.8, 4) is 0 Å². The third-order valence-electron chi connectivity index (χ3n) is 5.11. The minimum absolute atomic E-state index is 0.0104. The van der Waals surface area contributed by atoms with Gasteiger partial charge in [0.25, 0.3) is 0 Å². The Kier molecular flexibility index (Phi) is 7.28. The van der Waals surface area contributed by atoms with Crippen LogP contribution in [0.15, 0.2) is 18.2 Å². The molecule has 0 unspecified atom stereocenters. The predicted octanol–water partition coefficient (Wildman–Crippen LogP) is 4.70. The Hall–Kier alpha value is -2.04. The monoisotopic (exact) mass is 373 g/mol. The molecule has 0 aromatic heterocycles. The number of amides is 3. The average molecular weight is 374 g/mol. The van der Waals surface area contributed by atoms with E-state index in [9.17, 15) is 9.59 Å². The highest BCUT2D eigenvalue weighted by Crippen LogP contribution is 2.29. The lowest BCUT2D eigenvalue weighted by molar-refractivity contribution is -0.121. The van der Waals surface area contributed by atoms with Crippen LogP contribution in [-0.4, -0.2) is 36.0 Å². The van der Waals surface area contributed by atoms with Gasteiger partial charge < -0.3 is 15.5 Å². The topological polar surface area (TPSA) is 61.4 Å². The van der Waals surface area contributed by atoms with E-state index in [0.29, 0.717) is 24.9 Å². The summed E-state index contributed by atoms with van der Waals surface area (Å²) in [5.74, 6) is 0.634. The van der Waals surface area contributed by atoms with Gasteiger partial charge in [-0.3, -0.25) is 4.79 Å². The van der Waals surface area contributed by atoms with Crippen molar-refractivity contribution in [2.75, 3.05) is 18.4 Å². The van der Waals surface area contributed by atoms with E-state index >= 15 is 0 Å². The van der Waals surface area contributed by atoms with Gasteiger partial charge in [0.05, 0.1) is 5.92 Å². The zero-order valence-corrected chi connectivity index (χ0v) is 17.6. The molecule has 2 rings (SSSR count). The Morgan fingerprint density at radius 3 is 2.37 bits per heavy atom. The maximum Gasteiger partial charge on any atom is 0.317 e. The maximum absolute atomic E-state index is 12.9. The molecular weight excluding hydrogens is 338 g/mol. The Morgan fingerprint density at radius 2 is 1.78 bits per heavy atom. The van der Waals surface area contributed by atoms with Gasteiger partial charge in [-0.25, -0.2) is 4.79 Å². The van der Waals surface area contributed by atoms with Crippen molar-refractivity contribution in [3.05, 3.63) is 29.3 Å². The van der Waals surface area contributed by atoms with Crippen LogP contribution in [0.25, 0.3) is 0 Å². The number of nitrogens with one attached hydrogen (secondary N) is 2. The smallest absolute Gasteiger partial charge is 0.317 e. The highest BCUT2D eigenvalue weighted by Gasteiger charge is 2.29. The lowest BCUT2D eigenvalue weighted by atomic mass is 9.93. The van der Waals surface area contributed by atoms with Crippen LogP contribution >= 0.6 is 0 Å². The van der Waals surface area contributed by atoms with Crippen molar-refractivity contribution in [3.63, 3.8) is 0 Å². The zero-order chi connectivity index (χ0) is 20.1. The van der Waals surface area contributed by atoms with E-state index in [1.165, 1.54) is 11.1 Å². The number of hydrogen-bond acceptors (Lipinski definition) is 2. The summed E-state index contributed by atoms with van der Waals surface area (Å²) < 4.78 is 0. The number of urea groups is 1. The summed E-state index contributed by atoms with van der Waals surface area (Å²) in [4.78, 5) is 26.9. The van der Waals surface area contributed by atoms with Gasteiger partial charge in [-0.15, -0.1) is 0 Å². The second-order valence-electron chi connectivity index (χ2n) is 8.53. The summed E-state index contributed by atoms with van der Waals surface area (Å²) in [6.07, 6.45) is 1.67. The number of nitrogens with zero attached hydrogens (tertiary/aromatic N) is 1. The fraction of sp³-hybridized carbons (Fsp3) is 0.636. The lowest BCUT2D eigenvalue weighted by Gasteiger charge is -2.32. The van der Waals surface area contributed by atoms with Crippen molar-refractivity contribution in [1.82, 2.24) is 10.2 Å². The number of benzene rings is 1. The molecule has 1 aliphatic heterocycles. The van der Waals surface area contributed by atoms with E-state index in [1.54, 1.807) is 4.90 Å². The Balaban J connectivity index is 2.09. The van der Waals surface area contributed by atoms with Crippen LogP contribution in [0.3, 0.4) is 0 Å². The van der Waals surface area contributed by atoms with Crippen LogP contribution in [0.1, 0.15) is 77.3 Å². The number of carbonyl (C=O) groups is 2. The summed E-state index contributed by atoms with van der Waals surface area (Å²) in [5.41, 5.74) is 3.34. The van der Waals surface area contributed by atoms with Crippen LogP contribution in [-0.2, 0) is 4.79 Å². The minimum Gasteiger partial charge on any atom is -0.336 e. The van der Waals surface area contributed by atoms with E-state index in [1.807, 2.05) is 19.9 Å². The Labute approximate surface area is 163 Å². The number of rotatable bonds is 5. The van der Waals surface area contributed by atoms with E-state index in [0.717, 1.165) is 18.5 Å². The summed E-state index contributed by atoms with van der Waals surface area (Å²) in [5, 5.41) is 6.05. The molecule has 1 aromatic rings. The number of anilines is 1. The van der Waals surface area contributed by atoms with Gasteiger partial charge in [-0.2, -0.15) is 0 Å². The van der Waals surface area contributed by atoms with Gasteiger partial charge in [-0.1, -0.05) is 39.8 Å². The molecule has 0 aliphatic carbocycles. The second kappa shape index (κ2) is 9.25. The van der Waals surface area contributed by atoms with Crippen LogP contribution in [0.4, 0.5) is 10.5 Å². The van der Waals surface area contributed by atoms with Crippen LogP contribution in [0, 0.1) is 5.92 Å². The molecule has 0 radical (unpaired) electrons. The molecule has 1 saturated heterocycles. The number of carbonyl (C=O) groups excluding carboxylic acids is 2. The number of hydrogen-bond donors (Lipinski definition) is 2. The van der Waals surface area contributed by atoms with Gasteiger partial charge in [0.1, 0.15) is 0 Å². The molecule has 1 aromatic carbocycles. The first-order chi connectivity index (χ1) is 12.7. The van der Waals surface area contributed by atoms with Gasteiger partial charge in [0.2, 0.25) is 5.91 Å². The molecule has 5 nitrogen and oxygen atoms in total. The van der Waals surface area contributed by atoms with Gasteiger partial charge >= 0.3 is 6.03 Å². The van der Waals surface area contributed by atoms with Crippen molar-refractivity contribution in [2.45, 2.75) is 72.3 Å². The largest absolute Gasteiger partial charge is 0.336 e. The van der Waals surface area contributed by atoms with Crippen molar-refractivity contribution in [2.24, 2.45) is 5.92 Å². The number of likely N-dealkylation sites (tertiary alicyclic amines) is 1. The zero-order valence-electron chi connectivity index (χ0n) is 17.6. The fourth-order valence-corrected chi connectivity index (χ4v) is 3.48. The average Bonchev–Trinajstić information content (AvgIpc) is 2.61. The SMILES string of the molecule is CC(C)NC(=O)N1CCC[C@@H](C(=O)Nc2ccc(C(C)C)cc2C(C)C)C1. The molecule has 0 bridgehead atoms. The highest BCUT2D eigenvalue weighted by molar-refractivity contribution is 5.94.